The van der Waals surface area contributed by atoms with E-state index in [1.54, 1.807) is 0 Å². The highest BCUT2D eigenvalue weighted by Gasteiger charge is 2.41. The number of hydrogen-bond acceptors (Lipinski definition) is 3. The fourth-order valence-corrected chi connectivity index (χ4v) is 2.65. The third-order valence-electron chi connectivity index (χ3n) is 3.94. The zero-order valence-electron chi connectivity index (χ0n) is 12.2. The Morgan fingerprint density at radius 3 is 2.65 bits per heavy atom. The maximum Gasteiger partial charge on any atom is 0.329 e. The molecule has 0 bridgehead atoms. The van der Waals surface area contributed by atoms with Crippen molar-refractivity contribution in [3.8, 4) is 0 Å². The van der Waals surface area contributed by atoms with Crippen LogP contribution in [0, 0.1) is 0 Å². The predicted molar refractivity (Wildman–Crippen MR) is 77.8 cm³/mol. The summed E-state index contributed by atoms with van der Waals surface area (Å²) in [5, 5.41) is 8.64. The van der Waals surface area contributed by atoms with Crippen LogP contribution in [0.15, 0.2) is 30.3 Å². The van der Waals surface area contributed by atoms with Crippen LogP contribution in [0.1, 0.15) is 25.8 Å². The Hall–Kier alpha value is -1.39. The molecule has 0 aliphatic carbocycles. The molecule has 1 saturated heterocycles. The first-order valence-corrected chi connectivity index (χ1v) is 7.12. The van der Waals surface area contributed by atoms with Gasteiger partial charge in [0.1, 0.15) is 6.61 Å². The maximum atomic E-state index is 10.5. The molecule has 4 heteroatoms. The Bertz CT molecular complexity index is 440. The van der Waals surface area contributed by atoms with Gasteiger partial charge in [-0.2, -0.15) is 0 Å². The minimum Gasteiger partial charge on any atom is -0.480 e. The van der Waals surface area contributed by atoms with Crippen molar-refractivity contribution in [2.75, 3.05) is 19.7 Å². The van der Waals surface area contributed by atoms with Gasteiger partial charge < -0.3 is 9.84 Å². The number of carbonyl (C=O) groups is 1. The molecule has 0 spiro atoms. The molecule has 2 rings (SSSR count). The molecule has 1 aromatic rings. The number of likely N-dealkylation sites (tertiary alicyclic amines) is 1. The zero-order chi connectivity index (χ0) is 14.6. The molecule has 110 valence electrons. The molecular weight excluding hydrogens is 254 g/mol. The van der Waals surface area contributed by atoms with E-state index in [2.05, 4.69) is 36.1 Å². The molecule has 0 saturated carbocycles. The highest BCUT2D eigenvalue weighted by Crippen LogP contribution is 2.27. The summed E-state index contributed by atoms with van der Waals surface area (Å²) in [6.45, 7) is 5.63. The van der Waals surface area contributed by atoms with E-state index in [9.17, 15) is 4.79 Å². The molecule has 4 nitrogen and oxygen atoms in total. The van der Waals surface area contributed by atoms with Gasteiger partial charge in [0.2, 0.25) is 0 Å². The molecule has 0 aromatic heterocycles. The average Bonchev–Trinajstić information content (AvgIpc) is 2.40. The van der Waals surface area contributed by atoms with Crippen molar-refractivity contribution in [2.24, 2.45) is 0 Å². The summed E-state index contributed by atoms with van der Waals surface area (Å²) in [7, 11) is 0. The fourth-order valence-electron chi connectivity index (χ4n) is 2.65. The van der Waals surface area contributed by atoms with Crippen LogP contribution >= 0.6 is 0 Å². The van der Waals surface area contributed by atoms with Gasteiger partial charge in [-0.1, -0.05) is 30.3 Å². The summed E-state index contributed by atoms with van der Waals surface area (Å²) in [5.74, 6) is -0.901. The first-order chi connectivity index (χ1) is 9.48. The van der Waals surface area contributed by atoms with Gasteiger partial charge in [0.25, 0.3) is 0 Å². The molecule has 1 aliphatic rings. The number of carboxylic acid groups (broad SMARTS) is 1. The van der Waals surface area contributed by atoms with E-state index in [4.69, 9.17) is 9.84 Å². The smallest absolute Gasteiger partial charge is 0.329 e. The Labute approximate surface area is 120 Å². The van der Waals surface area contributed by atoms with E-state index in [-0.39, 0.29) is 12.2 Å². The van der Waals surface area contributed by atoms with Crippen molar-refractivity contribution in [1.29, 1.82) is 0 Å². The van der Waals surface area contributed by atoms with E-state index in [1.807, 2.05) is 13.0 Å². The molecule has 20 heavy (non-hydrogen) atoms. The molecule has 1 N–H and O–H groups in total. The lowest BCUT2D eigenvalue weighted by atomic mass is 9.92. The molecule has 1 unspecified atom stereocenters. The molecule has 1 aromatic carbocycles. The lowest BCUT2D eigenvalue weighted by Crippen LogP contribution is -2.64. The molecule has 1 atom stereocenters. The highest BCUT2D eigenvalue weighted by molar-refractivity contribution is 5.68. The van der Waals surface area contributed by atoms with E-state index in [0.717, 1.165) is 25.9 Å². The summed E-state index contributed by atoms with van der Waals surface area (Å²) < 4.78 is 5.43. The van der Waals surface area contributed by atoms with Crippen molar-refractivity contribution in [1.82, 2.24) is 4.90 Å². The Morgan fingerprint density at radius 2 is 2.05 bits per heavy atom. The summed E-state index contributed by atoms with van der Waals surface area (Å²) in [6.07, 6.45) is 2.18. The average molecular weight is 277 g/mol. The third-order valence-corrected chi connectivity index (χ3v) is 3.94. The van der Waals surface area contributed by atoms with Crippen LogP contribution in [-0.2, 0) is 16.0 Å². The molecule has 0 amide bonds. The second-order valence-corrected chi connectivity index (χ2v) is 5.91. The fraction of sp³-hybridized carbons (Fsp3) is 0.562. The summed E-state index contributed by atoms with van der Waals surface area (Å²) in [6, 6.07) is 11.0. The normalized spacial score (nSPS) is 19.3. The predicted octanol–water partition coefficient (Wildman–Crippen LogP) is 2.18. The largest absolute Gasteiger partial charge is 0.480 e. The summed E-state index contributed by atoms with van der Waals surface area (Å²) in [4.78, 5) is 12.9. The minimum atomic E-state index is -0.901. The van der Waals surface area contributed by atoms with Gasteiger partial charge in [-0.3, -0.25) is 4.90 Å². The monoisotopic (exact) mass is 277 g/mol. The van der Waals surface area contributed by atoms with Gasteiger partial charge in [-0.25, -0.2) is 4.79 Å². The van der Waals surface area contributed by atoms with Crippen LogP contribution in [0.5, 0.6) is 0 Å². The van der Waals surface area contributed by atoms with Crippen molar-refractivity contribution in [2.45, 2.75) is 38.3 Å². The van der Waals surface area contributed by atoms with Gasteiger partial charge in [0, 0.05) is 19.1 Å². The van der Waals surface area contributed by atoms with Crippen molar-refractivity contribution >= 4 is 5.97 Å². The van der Waals surface area contributed by atoms with Gasteiger partial charge in [0.05, 0.1) is 5.60 Å². The van der Waals surface area contributed by atoms with Crippen LogP contribution in [0.4, 0.5) is 0 Å². The van der Waals surface area contributed by atoms with Gasteiger partial charge in [-0.15, -0.1) is 0 Å². The number of aryl methyl sites for hydroxylation is 1. The minimum absolute atomic E-state index is 0.206. The summed E-state index contributed by atoms with van der Waals surface area (Å²) >= 11 is 0. The van der Waals surface area contributed by atoms with Crippen LogP contribution in [-0.4, -0.2) is 47.3 Å². The molecule has 0 radical (unpaired) electrons. The maximum absolute atomic E-state index is 10.5. The van der Waals surface area contributed by atoms with Gasteiger partial charge >= 0.3 is 5.97 Å². The molecule has 1 fully saturated rings. The topological polar surface area (TPSA) is 49.8 Å². The zero-order valence-corrected chi connectivity index (χ0v) is 12.2. The second-order valence-electron chi connectivity index (χ2n) is 5.91. The lowest BCUT2D eigenvalue weighted by Gasteiger charge is -2.50. The van der Waals surface area contributed by atoms with E-state index in [0.29, 0.717) is 6.04 Å². The Morgan fingerprint density at radius 1 is 1.40 bits per heavy atom. The van der Waals surface area contributed by atoms with Crippen LogP contribution in [0.25, 0.3) is 0 Å². The van der Waals surface area contributed by atoms with Crippen LogP contribution < -0.4 is 0 Å². The van der Waals surface area contributed by atoms with Crippen molar-refractivity contribution in [3.63, 3.8) is 0 Å². The van der Waals surface area contributed by atoms with Gasteiger partial charge in [0.15, 0.2) is 0 Å². The third kappa shape index (κ3) is 4.05. The lowest BCUT2D eigenvalue weighted by molar-refractivity contribution is -0.169. The Balaban J connectivity index is 1.71. The standard InChI is InChI=1S/C16H23NO3/c1-13(8-9-14-6-4-3-5-7-14)17-11-16(2,12-17)20-10-15(18)19/h3-7,13H,8-12H2,1-2H3,(H,18,19). The van der Waals surface area contributed by atoms with Crippen molar-refractivity contribution < 1.29 is 14.6 Å². The highest BCUT2D eigenvalue weighted by atomic mass is 16.5. The molecule has 1 aliphatic heterocycles. The number of rotatable bonds is 7. The molecule has 1 heterocycles. The SMILES string of the molecule is CC(CCc1ccccc1)N1CC(C)(OCC(=O)O)C1. The number of carboxylic acids is 1. The van der Waals surface area contributed by atoms with E-state index < -0.39 is 5.97 Å². The summed E-state index contributed by atoms with van der Waals surface area (Å²) in [5.41, 5.74) is 1.07. The van der Waals surface area contributed by atoms with Crippen LogP contribution in [0.3, 0.4) is 0 Å². The number of ether oxygens (including phenoxy) is 1. The number of aliphatic carboxylic acids is 1. The number of hydrogen-bond donors (Lipinski definition) is 1. The van der Waals surface area contributed by atoms with Crippen LogP contribution in [0.2, 0.25) is 0 Å². The first kappa shape index (κ1) is 15.0. The number of benzene rings is 1. The Kier molecular flexibility index (Phi) is 4.78. The van der Waals surface area contributed by atoms with Gasteiger partial charge in [-0.05, 0) is 32.3 Å². The second kappa shape index (κ2) is 6.37. The van der Waals surface area contributed by atoms with Crippen molar-refractivity contribution in [3.05, 3.63) is 35.9 Å². The number of nitrogens with zero attached hydrogens (tertiary/aromatic N) is 1. The van der Waals surface area contributed by atoms with E-state index >= 15 is 0 Å². The quantitative estimate of drug-likeness (QED) is 0.830. The molecular formula is C16H23NO3. The first-order valence-electron chi connectivity index (χ1n) is 7.12. The van der Waals surface area contributed by atoms with E-state index in [1.165, 1.54) is 5.56 Å².